The second-order valence-corrected chi connectivity index (χ2v) is 9.69. The van der Waals surface area contributed by atoms with E-state index < -0.39 is 17.2 Å². The molecule has 0 aromatic rings. The molecular weight excluding hydrogens is 508 g/mol. The Morgan fingerprint density at radius 2 is 0.923 bits per heavy atom. The zero-order valence-corrected chi connectivity index (χ0v) is 23.8. The smallest absolute Gasteiger partial charge is 0.408 e. The molecule has 0 fully saturated rings. The van der Waals surface area contributed by atoms with Gasteiger partial charge < -0.3 is 38.5 Å². The molecule has 0 unspecified atom stereocenters. The van der Waals surface area contributed by atoms with Gasteiger partial charge in [-0.3, -0.25) is 0 Å². The molecule has 12 heteroatoms. The maximum Gasteiger partial charge on any atom is 0.408 e. The Morgan fingerprint density at radius 3 is 1.23 bits per heavy atom. The standard InChI is InChI=1S/C27H46N4O8/c1-26(2,3)39-25(32)31-27(22-36-19-7-16-33-13-4-10-28,23-37-20-8-17-34-14-5-11-29)24-38-21-9-18-35-15-6-12-30/h4-9,13-24H2,1-3H3,(H,31,32). The molecule has 0 bridgehead atoms. The van der Waals surface area contributed by atoms with Crippen molar-refractivity contribution in [3.05, 3.63) is 0 Å². The first kappa shape index (κ1) is 36.5. The van der Waals surface area contributed by atoms with E-state index in [-0.39, 0.29) is 19.8 Å². The van der Waals surface area contributed by atoms with Gasteiger partial charge in [0.05, 0.1) is 77.1 Å². The number of carbonyl (C=O) groups is 1. The molecule has 0 rings (SSSR count). The first-order valence-electron chi connectivity index (χ1n) is 13.4. The van der Waals surface area contributed by atoms with Crippen LogP contribution in [0.5, 0.6) is 0 Å². The first-order valence-corrected chi connectivity index (χ1v) is 13.4. The second kappa shape index (κ2) is 24.5. The lowest BCUT2D eigenvalue weighted by Gasteiger charge is -2.35. The van der Waals surface area contributed by atoms with E-state index in [2.05, 4.69) is 5.32 Å². The van der Waals surface area contributed by atoms with Crippen LogP contribution in [0, 0.1) is 34.0 Å². The summed E-state index contributed by atoms with van der Waals surface area (Å²) in [7, 11) is 0. The minimum Gasteiger partial charge on any atom is -0.444 e. The molecule has 0 heterocycles. The van der Waals surface area contributed by atoms with Crippen LogP contribution in [0.3, 0.4) is 0 Å². The molecule has 39 heavy (non-hydrogen) atoms. The number of amides is 1. The van der Waals surface area contributed by atoms with E-state index in [0.29, 0.717) is 98.0 Å². The average Bonchev–Trinajstić information content (AvgIpc) is 2.87. The molecule has 0 atom stereocenters. The Hall–Kier alpha value is -2.50. The summed E-state index contributed by atoms with van der Waals surface area (Å²) in [5.74, 6) is 0. The van der Waals surface area contributed by atoms with Crippen molar-refractivity contribution in [2.75, 3.05) is 79.3 Å². The Morgan fingerprint density at radius 1 is 0.590 bits per heavy atom. The second-order valence-electron chi connectivity index (χ2n) is 9.69. The number of nitrogens with one attached hydrogen (secondary N) is 1. The van der Waals surface area contributed by atoms with E-state index in [1.807, 2.05) is 18.2 Å². The van der Waals surface area contributed by atoms with E-state index in [4.69, 9.17) is 48.9 Å². The van der Waals surface area contributed by atoms with Crippen LogP contribution in [-0.4, -0.2) is 96.5 Å². The third-order valence-corrected chi connectivity index (χ3v) is 4.71. The highest BCUT2D eigenvalue weighted by Crippen LogP contribution is 2.14. The fourth-order valence-corrected chi connectivity index (χ4v) is 3.00. The third-order valence-electron chi connectivity index (χ3n) is 4.71. The number of nitrogens with zero attached hydrogens (tertiary/aromatic N) is 3. The lowest BCUT2D eigenvalue weighted by molar-refractivity contribution is -0.0503. The van der Waals surface area contributed by atoms with Crippen molar-refractivity contribution in [2.45, 2.75) is 70.4 Å². The zero-order valence-electron chi connectivity index (χ0n) is 23.8. The van der Waals surface area contributed by atoms with Crippen molar-refractivity contribution in [2.24, 2.45) is 0 Å². The summed E-state index contributed by atoms with van der Waals surface area (Å²) in [6.45, 7) is 9.32. The van der Waals surface area contributed by atoms with Crippen LogP contribution >= 0.6 is 0 Å². The predicted octanol–water partition coefficient (Wildman–Crippen LogP) is 3.26. The summed E-state index contributed by atoms with van der Waals surface area (Å²) in [5.41, 5.74) is -1.71. The van der Waals surface area contributed by atoms with E-state index in [1.165, 1.54) is 0 Å². The molecule has 0 saturated heterocycles. The van der Waals surface area contributed by atoms with Gasteiger partial charge in [-0.2, -0.15) is 15.8 Å². The van der Waals surface area contributed by atoms with Crippen LogP contribution in [0.2, 0.25) is 0 Å². The molecule has 0 aliphatic rings. The Balaban J connectivity index is 5.05. The lowest BCUT2D eigenvalue weighted by Crippen LogP contribution is -2.59. The van der Waals surface area contributed by atoms with E-state index in [0.717, 1.165) is 0 Å². The number of ether oxygens (including phenoxy) is 7. The van der Waals surface area contributed by atoms with E-state index >= 15 is 0 Å². The summed E-state index contributed by atoms with van der Waals surface area (Å²) in [6.07, 6.45) is 2.26. The van der Waals surface area contributed by atoms with Crippen molar-refractivity contribution >= 4 is 6.09 Å². The van der Waals surface area contributed by atoms with Gasteiger partial charge in [0.2, 0.25) is 0 Å². The molecule has 0 spiro atoms. The summed E-state index contributed by atoms with van der Waals surface area (Å²) in [4.78, 5) is 12.7. The molecule has 1 N–H and O–H groups in total. The fourth-order valence-electron chi connectivity index (χ4n) is 3.00. The van der Waals surface area contributed by atoms with Gasteiger partial charge in [-0.25, -0.2) is 4.79 Å². The SMILES string of the molecule is CC(C)(C)OC(=O)NC(COCCCOCCC#N)(COCCCOCCC#N)COCCCOCCC#N. The number of nitriles is 3. The molecule has 0 aliphatic carbocycles. The van der Waals surface area contributed by atoms with Crippen molar-refractivity contribution in [1.29, 1.82) is 15.8 Å². The summed E-state index contributed by atoms with van der Waals surface area (Å²) in [6, 6.07) is 6.09. The molecular formula is C27H46N4O8. The van der Waals surface area contributed by atoms with Crippen molar-refractivity contribution in [3.8, 4) is 18.2 Å². The average molecular weight is 555 g/mol. The van der Waals surface area contributed by atoms with Gasteiger partial charge in [0.25, 0.3) is 0 Å². The minimum atomic E-state index is -1.02. The van der Waals surface area contributed by atoms with Crippen molar-refractivity contribution in [3.63, 3.8) is 0 Å². The van der Waals surface area contributed by atoms with Crippen LogP contribution in [0.15, 0.2) is 0 Å². The maximum absolute atomic E-state index is 12.7. The summed E-state index contributed by atoms with van der Waals surface area (Å²) < 4.78 is 39.3. The van der Waals surface area contributed by atoms with Gasteiger partial charge in [-0.05, 0) is 40.0 Å². The van der Waals surface area contributed by atoms with Gasteiger partial charge in [-0.1, -0.05) is 0 Å². The Bertz CT molecular complexity index is 666. The van der Waals surface area contributed by atoms with Gasteiger partial charge >= 0.3 is 6.09 Å². The topological polar surface area (TPSA) is 165 Å². The lowest BCUT2D eigenvalue weighted by atomic mass is 10.0. The van der Waals surface area contributed by atoms with Crippen LogP contribution in [0.25, 0.3) is 0 Å². The zero-order chi connectivity index (χ0) is 29.1. The molecule has 0 aromatic carbocycles. The van der Waals surface area contributed by atoms with Crippen molar-refractivity contribution in [1.82, 2.24) is 5.32 Å². The highest BCUT2D eigenvalue weighted by molar-refractivity contribution is 5.69. The quantitative estimate of drug-likeness (QED) is 0.165. The van der Waals surface area contributed by atoms with Gasteiger partial charge in [0.1, 0.15) is 11.1 Å². The monoisotopic (exact) mass is 554 g/mol. The number of hydrogen-bond acceptors (Lipinski definition) is 11. The first-order chi connectivity index (χ1) is 18.8. The normalized spacial score (nSPS) is 11.4. The molecule has 0 saturated carbocycles. The number of carbonyl (C=O) groups excluding carboxylic acids is 1. The van der Waals surface area contributed by atoms with Crippen LogP contribution in [0.1, 0.15) is 59.3 Å². The fraction of sp³-hybridized carbons (Fsp3) is 0.852. The number of alkyl carbamates (subject to hydrolysis) is 1. The summed E-state index contributed by atoms with van der Waals surface area (Å²) in [5, 5.41) is 28.7. The van der Waals surface area contributed by atoms with Gasteiger partial charge in [0.15, 0.2) is 0 Å². The molecule has 222 valence electrons. The van der Waals surface area contributed by atoms with E-state index in [1.54, 1.807) is 20.8 Å². The summed E-state index contributed by atoms with van der Waals surface area (Å²) >= 11 is 0. The van der Waals surface area contributed by atoms with Crippen LogP contribution in [0.4, 0.5) is 4.79 Å². The highest BCUT2D eigenvalue weighted by Gasteiger charge is 2.35. The molecule has 1 amide bonds. The molecule has 0 aliphatic heterocycles. The van der Waals surface area contributed by atoms with Crippen molar-refractivity contribution < 1.29 is 38.0 Å². The number of rotatable bonds is 25. The largest absolute Gasteiger partial charge is 0.444 e. The number of hydrogen-bond donors (Lipinski definition) is 1. The van der Waals surface area contributed by atoms with Crippen LogP contribution in [-0.2, 0) is 33.2 Å². The Kier molecular flexibility index (Phi) is 23.0. The Labute approximate surface area is 233 Å². The maximum atomic E-state index is 12.7. The molecule has 0 radical (unpaired) electrons. The van der Waals surface area contributed by atoms with Gasteiger partial charge in [0, 0.05) is 39.6 Å². The van der Waals surface area contributed by atoms with E-state index in [9.17, 15) is 4.79 Å². The van der Waals surface area contributed by atoms with Crippen LogP contribution < -0.4 is 5.32 Å². The molecule has 12 nitrogen and oxygen atoms in total. The van der Waals surface area contributed by atoms with Gasteiger partial charge in [-0.15, -0.1) is 0 Å². The third kappa shape index (κ3) is 24.3. The predicted molar refractivity (Wildman–Crippen MR) is 142 cm³/mol. The highest BCUT2D eigenvalue weighted by atomic mass is 16.6. The minimum absolute atomic E-state index is 0.113. The molecule has 0 aromatic heterocycles.